The topological polar surface area (TPSA) is 26.0 Å². The van der Waals surface area contributed by atoms with Crippen LogP contribution in [-0.2, 0) is 6.54 Å². The van der Waals surface area contributed by atoms with Crippen LogP contribution < -0.4 is 5.73 Å². The van der Waals surface area contributed by atoms with Crippen molar-refractivity contribution >= 4 is 6.08 Å². The van der Waals surface area contributed by atoms with Crippen molar-refractivity contribution in [3.05, 3.63) is 41.5 Å². The van der Waals surface area contributed by atoms with Crippen molar-refractivity contribution in [3.8, 4) is 0 Å². The molecule has 11 heavy (non-hydrogen) atoms. The molecular formula is C10H13N. The molecule has 2 N–H and O–H groups in total. The maximum absolute atomic E-state index is 5.46. The Labute approximate surface area is 67.5 Å². The number of benzene rings is 1. The minimum absolute atomic E-state index is 0.621. The Morgan fingerprint density at radius 3 is 2.36 bits per heavy atom. The standard InChI is InChI=1S/C10H13N/c1-2-3-9-4-6-10(8-11)7-5-9/h2-7H,8,11H2,1H3/b3-2+. The van der Waals surface area contributed by atoms with Gasteiger partial charge in [-0.2, -0.15) is 0 Å². The van der Waals surface area contributed by atoms with Gasteiger partial charge in [-0.05, 0) is 18.1 Å². The van der Waals surface area contributed by atoms with E-state index in [1.165, 1.54) is 11.1 Å². The molecule has 0 unspecified atom stereocenters. The molecule has 1 nitrogen and oxygen atoms in total. The van der Waals surface area contributed by atoms with Crippen LogP contribution in [0.2, 0.25) is 0 Å². The zero-order chi connectivity index (χ0) is 8.10. The first-order valence-corrected chi connectivity index (χ1v) is 3.78. The minimum Gasteiger partial charge on any atom is -0.326 e. The Morgan fingerprint density at radius 1 is 1.27 bits per heavy atom. The average molecular weight is 147 g/mol. The predicted octanol–water partition coefficient (Wildman–Crippen LogP) is 2.18. The van der Waals surface area contributed by atoms with Crippen LogP contribution in [0, 0.1) is 0 Å². The fourth-order valence-electron chi connectivity index (χ4n) is 0.957. The van der Waals surface area contributed by atoms with Crippen molar-refractivity contribution in [1.29, 1.82) is 0 Å². The van der Waals surface area contributed by atoms with Crippen molar-refractivity contribution < 1.29 is 0 Å². The SMILES string of the molecule is C/C=C/c1ccc(CN)cc1. The van der Waals surface area contributed by atoms with Gasteiger partial charge in [0.1, 0.15) is 0 Å². The predicted molar refractivity (Wildman–Crippen MR) is 49.0 cm³/mol. The summed E-state index contributed by atoms with van der Waals surface area (Å²) in [5.74, 6) is 0. The van der Waals surface area contributed by atoms with E-state index in [0.29, 0.717) is 6.54 Å². The summed E-state index contributed by atoms with van der Waals surface area (Å²) in [7, 11) is 0. The summed E-state index contributed by atoms with van der Waals surface area (Å²) in [6.45, 7) is 2.63. The van der Waals surface area contributed by atoms with Gasteiger partial charge in [-0.3, -0.25) is 0 Å². The number of hydrogen-bond acceptors (Lipinski definition) is 1. The largest absolute Gasteiger partial charge is 0.326 e. The molecule has 0 aliphatic carbocycles. The molecule has 0 amide bonds. The van der Waals surface area contributed by atoms with Crippen LogP contribution in [0.4, 0.5) is 0 Å². The van der Waals surface area contributed by atoms with E-state index >= 15 is 0 Å². The van der Waals surface area contributed by atoms with Gasteiger partial charge in [0.15, 0.2) is 0 Å². The van der Waals surface area contributed by atoms with E-state index in [0.717, 1.165) is 0 Å². The van der Waals surface area contributed by atoms with Gasteiger partial charge in [-0.15, -0.1) is 0 Å². The number of rotatable bonds is 2. The second kappa shape index (κ2) is 3.94. The van der Waals surface area contributed by atoms with Crippen LogP contribution in [0.25, 0.3) is 6.08 Å². The monoisotopic (exact) mass is 147 g/mol. The molecule has 0 saturated heterocycles. The van der Waals surface area contributed by atoms with Crippen LogP contribution in [0.5, 0.6) is 0 Å². The number of allylic oxidation sites excluding steroid dienone is 1. The van der Waals surface area contributed by atoms with E-state index < -0.39 is 0 Å². The third-order valence-electron chi connectivity index (χ3n) is 1.57. The molecule has 0 radical (unpaired) electrons. The van der Waals surface area contributed by atoms with Crippen LogP contribution in [-0.4, -0.2) is 0 Å². The lowest BCUT2D eigenvalue weighted by atomic mass is 10.1. The van der Waals surface area contributed by atoms with Crippen molar-refractivity contribution in [3.63, 3.8) is 0 Å². The molecule has 0 aromatic heterocycles. The highest BCUT2D eigenvalue weighted by Crippen LogP contribution is 2.04. The summed E-state index contributed by atoms with van der Waals surface area (Å²) in [5, 5.41) is 0. The Kier molecular flexibility index (Phi) is 2.87. The summed E-state index contributed by atoms with van der Waals surface area (Å²) >= 11 is 0. The Morgan fingerprint density at radius 2 is 1.91 bits per heavy atom. The van der Waals surface area contributed by atoms with E-state index in [-0.39, 0.29) is 0 Å². The van der Waals surface area contributed by atoms with E-state index in [4.69, 9.17) is 5.73 Å². The summed E-state index contributed by atoms with van der Waals surface area (Å²) in [5.41, 5.74) is 7.86. The molecule has 1 aromatic carbocycles. The molecule has 0 aliphatic rings. The lowest BCUT2D eigenvalue weighted by Gasteiger charge is -1.96. The lowest BCUT2D eigenvalue weighted by molar-refractivity contribution is 1.07. The molecule has 0 saturated carbocycles. The molecule has 0 bridgehead atoms. The smallest absolute Gasteiger partial charge is 0.0178 e. The molecule has 0 heterocycles. The maximum Gasteiger partial charge on any atom is 0.0178 e. The van der Waals surface area contributed by atoms with Crippen LogP contribution in [0.15, 0.2) is 30.3 Å². The summed E-state index contributed by atoms with van der Waals surface area (Å²) in [4.78, 5) is 0. The van der Waals surface area contributed by atoms with E-state index in [9.17, 15) is 0 Å². The highest BCUT2D eigenvalue weighted by molar-refractivity contribution is 5.49. The molecular weight excluding hydrogens is 134 g/mol. The zero-order valence-corrected chi connectivity index (χ0v) is 6.75. The quantitative estimate of drug-likeness (QED) is 0.681. The molecule has 0 atom stereocenters. The molecule has 1 rings (SSSR count). The van der Waals surface area contributed by atoms with Gasteiger partial charge in [0.2, 0.25) is 0 Å². The second-order valence-corrected chi connectivity index (χ2v) is 2.45. The Balaban J connectivity index is 2.82. The van der Waals surface area contributed by atoms with Crippen molar-refractivity contribution in [1.82, 2.24) is 0 Å². The highest BCUT2D eigenvalue weighted by atomic mass is 14.5. The number of hydrogen-bond donors (Lipinski definition) is 1. The van der Waals surface area contributed by atoms with Gasteiger partial charge < -0.3 is 5.73 Å². The summed E-state index contributed by atoms with van der Waals surface area (Å²) in [6, 6.07) is 8.25. The van der Waals surface area contributed by atoms with Gasteiger partial charge in [-0.1, -0.05) is 36.4 Å². The first-order valence-electron chi connectivity index (χ1n) is 3.78. The Hall–Kier alpha value is -1.08. The normalized spacial score (nSPS) is 10.7. The molecule has 0 aliphatic heterocycles. The number of nitrogens with two attached hydrogens (primary N) is 1. The maximum atomic E-state index is 5.46. The molecule has 1 aromatic rings. The van der Waals surface area contributed by atoms with Crippen molar-refractivity contribution in [2.75, 3.05) is 0 Å². The van der Waals surface area contributed by atoms with Crippen LogP contribution >= 0.6 is 0 Å². The third-order valence-corrected chi connectivity index (χ3v) is 1.57. The van der Waals surface area contributed by atoms with Crippen molar-refractivity contribution in [2.45, 2.75) is 13.5 Å². The Bertz CT molecular complexity index is 234. The average Bonchev–Trinajstić information content (AvgIpc) is 2.07. The minimum atomic E-state index is 0.621. The van der Waals surface area contributed by atoms with Gasteiger partial charge in [0, 0.05) is 6.54 Å². The van der Waals surface area contributed by atoms with Gasteiger partial charge in [0.25, 0.3) is 0 Å². The molecule has 58 valence electrons. The van der Waals surface area contributed by atoms with Gasteiger partial charge >= 0.3 is 0 Å². The van der Waals surface area contributed by atoms with Crippen LogP contribution in [0.3, 0.4) is 0 Å². The highest BCUT2D eigenvalue weighted by Gasteiger charge is 1.87. The van der Waals surface area contributed by atoms with E-state index in [1.807, 2.05) is 13.0 Å². The molecule has 1 heteroatoms. The first-order chi connectivity index (χ1) is 5.36. The van der Waals surface area contributed by atoms with Crippen molar-refractivity contribution in [2.24, 2.45) is 5.73 Å². The fourth-order valence-corrected chi connectivity index (χ4v) is 0.957. The summed E-state index contributed by atoms with van der Waals surface area (Å²) < 4.78 is 0. The van der Waals surface area contributed by atoms with Crippen LogP contribution in [0.1, 0.15) is 18.1 Å². The van der Waals surface area contributed by atoms with Gasteiger partial charge in [0.05, 0.1) is 0 Å². The summed E-state index contributed by atoms with van der Waals surface area (Å²) in [6.07, 6.45) is 4.09. The van der Waals surface area contributed by atoms with E-state index in [2.05, 4.69) is 30.3 Å². The lowest BCUT2D eigenvalue weighted by Crippen LogP contribution is -1.94. The fraction of sp³-hybridized carbons (Fsp3) is 0.200. The zero-order valence-electron chi connectivity index (χ0n) is 6.75. The molecule has 0 fully saturated rings. The van der Waals surface area contributed by atoms with Gasteiger partial charge in [-0.25, -0.2) is 0 Å². The third kappa shape index (κ3) is 2.20. The first kappa shape index (κ1) is 8.02. The molecule has 0 spiro atoms. The van der Waals surface area contributed by atoms with E-state index in [1.54, 1.807) is 0 Å². The second-order valence-electron chi connectivity index (χ2n) is 2.45.